The lowest BCUT2D eigenvalue weighted by Gasteiger charge is -2.21. The largest absolute Gasteiger partial charge is 0.374 e. The second-order valence-corrected chi connectivity index (χ2v) is 5.73. The van der Waals surface area contributed by atoms with Gasteiger partial charge < -0.3 is 5.32 Å². The zero-order valence-corrected chi connectivity index (χ0v) is 13.3. The van der Waals surface area contributed by atoms with Crippen LogP contribution < -0.4 is 5.32 Å². The smallest absolute Gasteiger partial charge is 0.270 e. The van der Waals surface area contributed by atoms with E-state index in [-0.39, 0.29) is 11.6 Å². The van der Waals surface area contributed by atoms with Crippen molar-refractivity contribution < 1.29 is 8.78 Å². The molecule has 1 aromatic heterocycles. The van der Waals surface area contributed by atoms with Crippen LogP contribution in [0.2, 0.25) is 0 Å². The van der Waals surface area contributed by atoms with Crippen LogP contribution in [0, 0.1) is 0 Å². The third-order valence-corrected chi connectivity index (χ3v) is 3.88. The fourth-order valence-corrected chi connectivity index (χ4v) is 2.59. The molecular formula is C20H18F2N2. The van der Waals surface area contributed by atoms with Crippen LogP contribution in [0.1, 0.15) is 29.7 Å². The molecule has 1 heterocycles. The third-order valence-electron chi connectivity index (χ3n) is 3.88. The molecule has 0 amide bonds. The predicted octanol–water partition coefficient (Wildman–Crippen LogP) is 5.39. The second-order valence-electron chi connectivity index (χ2n) is 5.73. The summed E-state index contributed by atoms with van der Waals surface area (Å²) in [6.45, 7) is 0.902. The van der Waals surface area contributed by atoms with Crippen molar-refractivity contribution >= 4 is 5.69 Å². The number of benzene rings is 2. The molecular weight excluding hydrogens is 306 g/mol. The van der Waals surface area contributed by atoms with E-state index in [0.29, 0.717) is 0 Å². The summed E-state index contributed by atoms with van der Waals surface area (Å²) in [5, 5.41) is 3.42. The molecule has 3 aromatic rings. The molecule has 0 spiro atoms. The summed E-state index contributed by atoms with van der Waals surface area (Å²) in [5.74, 6) is -2.83. The second kappa shape index (κ2) is 6.79. The Bertz CT molecular complexity index is 727. The van der Waals surface area contributed by atoms with Crippen LogP contribution in [0.4, 0.5) is 14.5 Å². The molecule has 122 valence electrons. The molecule has 0 bridgehead atoms. The summed E-state index contributed by atoms with van der Waals surface area (Å²) in [6, 6.07) is 20.1. The standard InChI is InChI=1S/C20H18F2N2/c1-20(21,22)17-7-9-18(10-8-17)24-19(15-5-3-2-4-6-15)16-11-13-23-14-12-16/h2-14,19,24H,1H3. The number of hydrogen-bond donors (Lipinski definition) is 1. The Morgan fingerprint density at radius 1 is 0.833 bits per heavy atom. The summed E-state index contributed by atoms with van der Waals surface area (Å²) in [4.78, 5) is 4.06. The molecule has 0 aliphatic carbocycles. The van der Waals surface area contributed by atoms with Crippen LogP contribution in [-0.2, 0) is 5.92 Å². The first-order chi connectivity index (χ1) is 11.5. The fraction of sp³-hybridized carbons (Fsp3) is 0.150. The SMILES string of the molecule is CC(F)(F)c1ccc(NC(c2ccccc2)c2ccncc2)cc1. The van der Waals surface area contributed by atoms with Gasteiger partial charge in [0.1, 0.15) is 0 Å². The quantitative estimate of drug-likeness (QED) is 0.680. The first-order valence-corrected chi connectivity index (χ1v) is 7.74. The summed E-state index contributed by atoms with van der Waals surface area (Å²) in [6.07, 6.45) is 3.49. The lowest BCUT2D eigenvalue weighted by molar-refractivity contribution is 0.0175. The van der Waals surface area contributed by atoms with E-state index in [1.54, 1.807) is 24.5 Å². The minimum absolute atomic E-state index is 0.00761. The Kier molecular flexibility index (Phi) is 4.56. The third kappa shape index (κ3) is 3.77. The Morgan fingerprint density at radius 3 is 2.00 bits per heavy atom. The molecule has 0 saturated carbocycles. The van der Waals surface area contributed by atoms with Gasteiger partial charge in [-0.2, -0.15) is 0 Å². The van der Waals surface area contributed by atoms with E-state index in [2.05, 4.69) is 10.3 Å². The number of hydrogen-bond acceptors (Lipinski definition) is 2. The Balaban J connectivity index is 1.90. The van der Waals surface area contributed by atoms with Crippen molar-refractivity contribution in [2.45, 2.75) is 18.9 Å². The molecule has 1 atom stereocenters. The van der Waals surface area contributed by atoms with Gasteiger partial charge in [-0.1, -0.05) is 42.5 Å². The minimum atomic E-state index is -2.83. The average molecular weight is 324 g/mol. The molecule has 0 radical (unpaired) electrons. The van der Waals surface area contributed by atoms with Crippen molar-refractivity contribution in [3.8, 4) is 0 Å². The molecule has 4 heteroatoms. The van der Waals surface area contributed by atoms with Gasteiger partial charge in [0, 0.05) is 30.6 Å². The summed E-state index contributed by atoms with van der Waals surface area (Å²) in [7, 11) is 0. The van der Waals surface area contributed by atoms with Gasteiger partial charge in [0.05, 0.1) is 6.04 Å². The molecule has 3 rings (SSSR count). The van der Waals surface area contributed by atoms with Crippen LogP contribution in [0.25, 0.3) is 0 Å². The van der Waals surface area contributed by atoms with Crippen molar-refractivity contribution in [3.05, 3.63) is 95.8 Å². The van der Waals surface area contributed by atoms with Crippen LogP contribution in [0.3, 0.4) is 0 Å². The topological polar surface area (TPSA) is 24.9 Å². The molecule has 24 heavy (non-hydrogen) atoms. The van der Waals surface area contributed by atoms with Crippen LogP contribution in [0.5, 0.6) is 0 Å². The average Bonchev–Trinajstić information content (AvgIpc) is 2.61. The number of nitrogens with zero attached hydrogens (tertiary/aromatic N) is 1. The highest BCUT2D eigenvalue weighted by molar-refractivity contribution is 5.50. The molecule has 0 aliphatic rings. The van der Waals surface area contributed by atoms with E-state index >= 15 is 0 Å². The van der Waals surface area contributed by atoms with Gasteiger partial charge in [-0.25, -0.2) is 8.78 Å². The summed E-state index contributed by atoms with van der Waals surface area (Å²) in [5.41, 5.74) is 2.94. The van der Waals surface area contributed by atoms with E-state index < -0.39 is 5.92 Å². The summed E-state index contributed by atoms with van der Waals surface area (Å²) >= 11 is 0. The van der Waals surface area contributed by atoms with Crippen molar-refractivity contribution in [3.63, 3.8) is 0 Å². The molecule has 0 aliphatic heterocycles. The monoisotopic (exact) mass is 324 g/mol. The number of aromatic nitrogens is 1. The highest BCUT2D eigenvalue weighted by Gasteiger charge is 2.23. The van der Waals surface area contributed by atoms with Gasteiger partial charge >= 0.3 is 0 Å². The van der Waals surface area contributed by atoms with Crippen molar-refractivity contribution in [2.24, 2.45) is 0 Å². The van der Waals surface area contributed by atoms with Gasteiger partial charge in [0.15, 0.2) is 0 Å². The number of pyridine rings is 1. The first kappa shape index (κ1) is 16.1. The van der Waals surface area contributed by atoms with Gasteiger partial charge in [-0.05, 0) is 35.4 Å². The van der Waals surface area contributed by atoms with Gasteiger partial charge in [-0.3, -0.25) is 4.98 Å². The number of halogens is 2. The van der Waals surface area contributed by atoms with Gasteiger partial charge in [0.2, 0.25) is 0 Å². The molecule has 1 unspecified atom stereocenters. The number of rotatable bonds is 5. The van der Waals surface area contributed by atoms with Crippen LogP contribution >= 0.6 is 0 Å². The highest BCUT2D eigenvalue weighted by atomic mass is 19.3. The summed E-state index contributed by atoms with van der Waals surface area (Å²) < 4.78 is 26.7. The first-order valence-electron chi connectivity index (χ1n) is 7.74. The maximum atomic E-state index is 13.4. The highest BCUT2D eigenvalue weighted by Crippen LogP contribution is 2.30. The zero-order valence-electron chi connectivity index (χ0n) is 13.3. The van der Waals surface area contributed by atoms with Crippen LogP contribution in [-0.4, -0.2) is 4.98 Å². The molecule has 0 fully saturated rings. The van der Waals surface area contributed by atoms with E-state index in [1.807, 2.05) is 42.5 Å². The number of nitrogens with one attached hydrogen (secondary N) is 1. The Morgan fingerprint density at radius 2 is 1.42 bits per heavy atom. The Labute approximate surface area is 140 Å². The van der Waals surface area contributed by atoms with Gasteiger partial charge in [-0.15, -0.1) is 0 Å². The van der Waals surface area contributed by atoms with Crippen LogP contribution in [0.15, 0.2) is 79.1 Å². The number of anilines is 1. The molecule has 1 N–H and O–H groups in total. The van der Waals surface area contributed by atoms with E-state index in [9.17, 15) is 8.78 Å². The van der Waals surface area contributed by atoms with E-state index in [1.165, 1.54) is 12.1 Å². The van der Waals surface area contributed by atoms with E-state index in [0.717, 1.165) is 23.7 Å². The normalized spacial score (nSPS) is 12.6. The molecule has 0 saturated heterocycles. The lowest BCUT2D eigenvalue weighted by atomic mass is 9.99. The maximum Gasteiger partial charge on any atom is 0.270 e. The lowest BCUT2D eigenvalue weighted by Crippen LogP contribution is -2.13. The number of alkyl halides is 2. The van der Waals surface area contributed by atoms with Crippen molar-refractivity contribution in [1.29, 1.82) is 0 Å². The molecule has 2 aromatic carbocycles. The van der Waals surface area contributed by atoms with Crippen molar-refractivity contribution in [2.75, 3.05) is 5.32 Å². The maximum absolute atomic E-state index is 13.4. The van der Waals surface area contributed by atoms with E-state index in [4.69, 9.17) is 0 Å². The van der Waals surface area contributed by atoms with Gasteiger partial charge in [0.25, 0.3) is 5.92 Å². The molecule has 2 nitrogen and oxygen atoms in total. The van der Waals surface area contributed by atoms with Crippen molar-refractivity contribution in [1.82, 2.24) is 4.98 Å². The predicted molar refractivity (Wildman–Crippen MR) is 92.2 cm³/mol. The Hall–Kier alpha value is -2.75. The fourth-order valence-electron chi connectivity index (χ4n) is 2.59. The zero-order chi connectivity index (χ0) is 17.0. The minimum Gasteiger partial charge on any atom is -0.374 e.